The number of halogens is 2. The molecule has 108 valence electrons. The van der Waals surface area contributed by atoms with E-state index in [4.69, 9.17) is 5.73 Å². The monoisotopic (exact) mass is 414 g/mol. The van der Waals surface area contributed by atoms with Crippen LogP contribution in [0.2, 0.25) is 0 Å². The van der Waals surface area contributed by atoms with Crippen LogP contribution < -0.4 is 11.1 Å². The zero-order valence-electron chi connectivity index (χ0n) is 11.2. The number of hydrogen-bond acceptors (Lipinski definition) is 5. The Morgan fingerprint density at radius 3 is 2.86 bits per heavy atom. The summed E-state index contributed by atoms with van der Waals surface area (Å²) >= 11 is 3.69. The molecule has 0 aliphatic carbocycles. The van der Waals surface area contributed by atoms with Gasteiger partial charge in [-0.15, -0.1) is 11.3 Å². The summed E-state index contributed by atoms with van der Waals surface area (Å²) in [7, 11) is 0. The van der Waals surface area contributed by atoms with E-state index in [2.05, 4.69) is 50.9 Å². The number of thiophene rings is 1. The van der Waals surface area contributed by atoms with E-state index >= 15 is 0 Å². The molecule has 0 radical (unpaired) electrons. The van der Waals surface area contributed by atoms with E-state index in [1.165, 1.54) is 17.0 Å². The van der Waals surface area contributed by atoms with E-state index in [1.807, 2.05) is 0 Å². The Morgan fingerprint density at radius 1 is 1.33 bits per heavy atom. The van der Waals surface area contributed by atoms with Crippen molar-refractivity contribution in [3.63, 3.8) is 0 Å². The number of nitrogens with two attached hydrogens (primary N) is 1. The first-order chi connectivity index (χ1) is 10.1. The molecule has 3 aromatic rings. The Balaban J connectivity index is 2.08. The second-order valence-electron chi connectivity index (χ2n) is 4.46. The predicted octanol–water partition coefficient (Wildman–Crippen LogP) is 4.32. The molecule has 0 saturated heterocycles. The van der Waals surface area contributed by atoms with Gasteiger partial charge in [-0.2, -0.15) is 4.98 Å². The molecule has 0 unspecified atom stereocenters. The van der Waals surface area contributed by atoms with Crippen molar-refractivity contribution < 1.29 is 4.39 Å². The van der Waals surface area contributed by atoms with Gasteiger partial charge in [-0.05, 0) is 53.3 Å². The average Bonchev–Trinajstić information content (AvgIpc) is 2.85. The highest BCUT2D eigenvalue weighted by Crippen LogP contribution is 2.32. The average molecular weight is 414 g/mol. The van der Waals surface area contributed by atoms with Crippen molar-refractivity contribution in [2.45, 2.75) is 13.3 Å². The summed E-state index contributed by atoms with van der Waals surface area (Å²) in [6, 6.07) is 6.64. The third-order valence-electron chi connectivity index (χ3n) is 2.99. The lowest BCUT2D eigenvalue weighted by atomic mass is 10.2. The first-order valence-electron chi connectivity index (χ1n) is 6.35. The minimum Gasteiger partial charge on any atom is -0.368 e. The minimum absolute atomic E-state index is 0.228. The molecule has 2 heterocycles. The van der Waals surface area contributed by atoms with E-state index in [0.717, 1.165) is 25.9 Å². The van der Waals surface area contributed by atoms with Gasteiger partial charge >= 0.3 is 0 Å². The smallest absolute Gasteiger partial charge is 0.223 e. The highest BCUT2D eigenvalue weighted by Gasteiger charge is 2.11. The van der Waals surface area contributed by atoms with Gasteiger partial charge < -0.3 is 11.1 Å². The van der Waals surface area contributed by atoms with E-state index in [0.29, 0.717) is 5.82 Å². The van der Waals surface area contributed by atoms with E-state index in [9.17, 15) is 4.39 Å². The van der Waals surface area contributed by atoms with Crippen LogP contribution in [0.15, 0.2) is 24.3 Å². The number of nitrogens with zero attached hydrogens (tertiary/aromatic N) is 2. The molecule has 0 saturated carbocycles. The van der Waals surface area contributed by atoms with Crippen molar-refractivity contribution in [3.05, 3.63) is 38.5 Å². The van der Waals surface area contributed by atoms with Gasteiger partial charge in [0.25, 0.3) is 0 Å². The van der Waals surface area contributed by atoms with Crippen molar-refractivity contribution in [2.24, 2.45) is 0 Å². The zero-order chi connectivity index (χ0) is 15.0. The van der Waals surface area contributed by atoms with Crippen LogP contribution in [0.25, 0.3) is 10.2 Å². The van der Waals surface area contributed by atoms with E-state index < -0.39 is 0 Å². The predicted molar refractivity (Wildman–Crippen MR) is 93.6 cm³/mol. The van der Waals surface area contributed by atoms with Gasteiger partial charge in [0, 0.05) is 8.45 Å². The van der Waals surface area contributed by atoms with Crippen molar-refractivity contribution in [2.75, 3.05) is 11.1 Å². The van der Waals surface area contributed by atoms with Crippen molar-refractivity contribution in [1.29, 1.82) is 0 Å². The molecule has 0 spiro atoms. The Bertz CT molecular complexity index is 818. The van der Waals surface area contributed by atoms with Gasteiger partial charge in [-0.25, -0.2) is 9.37 Å². The fraction of sp³-hybridized carbons (Fsp3) is 0.143. The summed E-state index contributed by atoms with van der Waals surface area (Å²) in [5.74, 6) is 0.616. The van der Waals surface area contributed by atoms with E-state index in [1.54, 1.807) is 17.4 Å². The van der Waals surface area contributed by atoms with Gasteiger partial charge in [0.1, 0.15) is 16.5 Å². The number of aryl methyl sites for hydroxylation is 1. The van der Waals surface area contributed by atoms with Crippen LogP contribution >= 0.6 is 33.9 Å². The van der Waals surface area contributed by atoms with Gasteiger partial charge in [-0.1, -0.05) is 6.92 Å². The van der Waals surface area contributed by atoms with Crippen LogP contribution in [0.5, 0.6) is 0 Å². The largest absolute Gasteiger partial charge is 0.368 e. The molecule has 0 amide bonds. The molecule has 3 rings (SSSR count). The van der Waals surface area contributed by atoms with Crippen LogP contribution in [-0.2, 0) is 6.42 Å². The number of fused-ring (bicyclic) bond motifs is 1. The van der Waals surface area contributed by atoms with Crippen LogP contribution in [0.4, 0.5) is 21.8 Å². The summed E-state index contributed by atoms with van der Waals surface area (Å²) in [4.78, 5) is 10.6. The summed E-state index contributed by atoms with van der Waals surface area (Å²) in [5.41, 5.74) is 6.57. The number of hydrogen-bond donors (Lipinski definition) is 2. The maximum Gasteiger partial charge on any atom is 0.223 e. The lowest BCUT2D eigenvalue weighted by Gasteiger charge is -2.09. The zero-order valence-corrected chi connectivity index (χ0v) is 14.1. The van der Waals surface area contributed by atoms with Gasteiger partial charge in [0.15, 0.2) is 0 Å². The lowest BCUT2D eigenvalue weighted by Crippen LogP contribution is -2.01. The van der Waals surface area contributed by atoms with Crippen LogP contribution in [-0.4, -0.2) is 9.97 Å². The number of nitrogen functional groups attached to an aromatic ring is 1. The summed E-state index contributed by atoms with van der Waals surface area (Å²) in [5, 5.41) is 4.16. The number of nitrogens with one attached hydrogen (secondary N) is 1. The molecule has 3 N–H and O–H groups in total. The SMILES string of the molecule is CCc1cc2c(Nc3ccc(F)cc3I)nc(N)nc2s1. The van der Waals surface area contributed by atoms with Gasteiger partial charge in [-0.3, -0.25) is 0 Å². The quantitative estimate of drug-likeness (QED) is 0.627. The summed E-state index contributed by atoms with van der Waals surface area (Å²) in [6.07, 6.45) is 0.939. The topological polar surface area (TPSA) is 63.8 Å². The Morgan fingerprint density at radius 2 is 2.14 bits per heavy atom. The third-order valence-corrected chi connectivity index (χ3v) is 5.06. The summed E-state index contributed by atoms with van der Waals surface area (Å²) in [6.45, 7) is 2.09. The van der Waals surface area contributed by atoms with E-state index in [-0.39, 0.29) is 11.8 Å². The van der Waals surface area contributed by atoms with Crippen LogP contribution in [0.1, 0.15) is 11.8 Å². The standard InChI is InChI=1S/C14H12FIN4S/c1-2-8-6-9-12(19-14(17)20-13(9)21-8)18-11-4-3-7(15)5-10(11)16/h3-6H,2H2,1H3,(H3,17,18,19,20). The molecule has 0 atom stereocenters. The maximum absolute atomic E-state index is 13.2. The molecule has 1 aromatic carbocycles. The molecular formula is C14H12FIN4S. The highest BCUT2D eigenvalue weighted by molar-refractivity contribution is 14.1. The number of rotatable bonds is 3. The second kappa shape index (κ2) is 5.72. The molecule has 4 nitrogen and oxygen atoms in total. The fourth-order valence-corrected chi connectivity index (χ4v) is 3.56. The molecule has 0 aliphatic heterocycles. The molecule has 2 aromatic heterocycles. The van der Waals surface area contributed by atoms with Crippen molar-refractivity contribution in [1.82, 2.24) is 9.97 Å². The van der Waals surface area contributed by atoms with Crippen LogP contribution in [0, 0.1) is 9.39 Å². The normalized spacial score (nSPS) is 11.0. The highest BCUT2D eigenvalue weighted by atomic mass is 127. The summed E-state index contributed by atoms with van der Waals surface area (Å²) < 4.78 is 14.0. The number of benzene rings is 1. The minimum atomic E-state index is -0.263. The second-order valence-corrected chi connectivity index (χ2v) is 6.74. The number of anilines is 3. The van der Waals surface area contributed by atoms with Gasteiger partial charge in [0.2, 0.25) is 5.95 Å². The maximum atomic E-state index is 13.2. The van der Waals surface area contributed by atoms with Crippen molar-refractivity contribution >= 4 is 61.6 Å². The number of aromatic nitrogens is 2. The van der Waals surface area contributed by atoms with Crippen molar-refractivity contribution in [3.8, 4) is 0 Å². The fourth-order valence-electron chi connectivity index (χ4n) is 1.98. The molecule has 21 heavy (non-hydrogen) atoms. The van der Waals surface area contributed by atoms with Crippen LogP contribution in [0.3, 0.4) is 0 Å². The molecule has 0 aliphatic rings. The lowest BCUT2D eigenvalue weighted by molar-refractivity contribution is 0.627. The molecule has 0 fully saturated rings. The first kappa shape index (κ1) is 14.5. The molecule has 7 heteroatoms. The first-order valence-corrected chi connectivity index (χ1v) is 8.24. The van der Waals surface area contributed by atoms with Gasteiger partial charge in [0.05, 0.1) is 11.1 Å². The Hall–Kier alpha value is -1.48. The molecular weight excluding hydrogens is 402 g/mol. The third kappa shape index (κ3) is 2.93. The Kier molecular flexibility index (Phi) is 3.94. The Labute approximate surface area is 138 Å². The molecule has 0 bridgehead atoms.